The normalized spacial score (nSPS) is 10.5. The molecule has 0 aliphatic carbocycles. The van der Waals surface area contributed by atoms with Crippen LogP contribution >= 0.6 is 0 Å². The fraction of sp³-hybridized carbons (Fsp3) is 0. The molecule has 0 aliphatic rings. The lowest BCUT2D eigenvalue weighted by Crippen LogP contribution is -1.99. The summed E-state index contributed by atoms with van der Waals surface area (Å²) in [6.07, 6.45) is 0. The number of aromatic nitrogens is 1. The second-order valence-electron chi connectivity index (χ2n) is 4.49. The molecular formula is C16H12N2O3. The van der Waals surface area contributed by atoms with Gasteiger partial charge < -0.3 is 15.3 Å². The number of nitrogens with two attached hydrogens (primary N) is 1. The largest absolute Gasteiger partial charge is 0.476 e. The van der Waals surface area contributed by atoms with Crippen LogP contribution in [0.1, 0.15) is 10.5 Å². The van der Waals surface area contributed by atoms with Crippen LogP contribution in [0.15, 0.2) is 59.0 Å². The Morgan fingerprint density at radius 1 is 1.00 bits per heavy atom. The van der Waals surface area contributed by atoms with Crippen molar-refractivity contribution in [2.45, 2.75) is 0 Å². The quantitative estimate of drug-likeness (QED) is 0.718. The van der Waals surface area contributed by atoms with E-state index in [0.29, 0.717) is 11.3 Å². The molecule has 0 saturated carbocycles. The Morgan fingerprint density at radius 2 is 1.67 bits per heavy atom. The molecule has 0 fully saturated rings. The van der Waals surface area contributed by atoms with E-state index < -0.39 is 5.97 Å². The van der Waals surface area contributed by atoms with Crippen LogP contribution in [0.2, 0.25) is 0 Å². The fourth-order valence-corrected chi connectivity index (χ4v) is 2.00. The van der Waals surface area contributed by atoms with Gasteiger partial charge in [0.2, 0.25) is 5.89 Å². The molecule has 0 bridgehead atoms. The zero-order valence-electron chi connectivity index (χ0n) is 11.0. The third-order valence-corrected chi connectivity index (χ3v) is 3.02. The lowest BCUT2D eigenvalue weighted by atomic mass is 10.1. The molecule has 0 atom stereocenters. The van der Waals surface area contributed by atoms with Crippen molar-refractivity contribution in [1.82, 2.24) is 4.98 Å². The number of rotatable bonds is 3. The van der Waals surface area contributed by atoms with E-state index in [1.165, 1.54) is 0 Å². The Labute approximate surface area is 120 Å². The summed E-state index contributed by atoms with van der Waals surface area (Å²) in [6.45, 7) is 0. The number of carboxylic acids is 1. The van der Waals surface area contributed by atoms with Gasteiger partial charge in [-0.15, -0.1) is 0 Å². The minimum Gasteiger partial charge on any atom is -0.476 e. The van der Waals surface area contributed by atoms with Gasteiger partial charge in [0, 0.05) is 16.8 Å². The zero-order chi connectivity index (χ0) is 14.8. The number of hydrogen-bond acceptors (Lipinski definition) is 4. The van der Waals surface area contributed by atoms with Crippen LogP contribution in [0, 0.1) is 0 Å². The van der Waals surface area contributed by atoms with Gasteiger partial charge in [0.15, 0.2) is 11.5 Å². The summed E-state index contributed by atoms with van der Waals surface area (Å²) in [6, 6.07) is 15.9. The highest BCUT2D eigenvalue weighted by Gasteiger charge is 2.21. The van der Waals surface area contributed by atoms with Crippen LogP contribution in [0.25, 0.3) is 22.8 Å². The molecule has 0 spiro atoms. The Kier molecular flexibility index (Phi) is 3.16. The number of hydrogen-bond donors (Lipinski definition) is 2. The molecule has 2 aromatic carbocycles. The lowest BCUT2D eigenvalue weighted by Gasteiger charge is -1.99. The molecule has 0 unspecified atom stereocenters. The summed E-state index contributed by atoms with van der Waals surface area (Å²) in [5.74, 6) is -0.631. The van der Waals surface area contributed by atoms with Crippen LogP contribution in [0.4, 0.5) is 5.69 Å². The molecule has 0 aliphatic heterocycles. The predicted octanol–water partition coefficient (Wildman–Crippen LogP) is 3.29. The van der Waals surface area contributed by atoms with E-state index in [1.807, 2.05) is 30.3 Å². The van der Waals surface area contributed by atoms with Crippen LogP contribution in [0.5, 0.6) is 0 Å². The van der Waals surface area contributed by atoms with Gasteiger partial charge in [-0.05, 0) is 36.4 Å². The lowest BCUT2D eigenvalue weighted by molar-refractivity contribution is 0.0691. The number of anilines is 1. The number of aromatic carboxylic acids is 1. The molecule has 5 nitrogen and oxygen atoms in total. The molecule has 0 radical (unpaired) electrons. The van der Waals surface area contributed by atoms with Crippen molar-refractivity contribution in [2.75, 3.05) is 5.73 Å². The first-order valence-corrected chi connectivity index (χ1v) is 6.30. The van der Waals surface area contributed by atoms with Gasteiger partial charge in [0.1, 0.15) is 0 Å². The highest BCUT2D eigenvalue weighted by molar-refractivity contribution is 5.93. The standard InChI is InChI=1S/C16H12N2O3/c17-12-8-6-10(7-9-12)14-13(16(19)20)18-15(21-14)11-4-2-1-3-5-11/h1-9H,17H2,(H,19,20). The third-order valence-electron chi connectivity index (χ3n) is 3.02. The summed E-state index contributed by atoms with van der Waals surface area (Å²) in [5.41, 5.74) is 7.47. The van der Waals surface area contributed by atoms with E-state index >= 15 is 0 Å². The first-order valence-electron chi connectivity index (χ1n) is 6.30. The topological polar surface area (TPSA) is 89.4 Å². The molecule has 5 heteroatoms. The maximum Gasteiger partial charge on any atom is 0.358 e. The SMILES string of the molecule is Nc1ccc(-c2oc(-c3ccccc3)nc2C(=O)O)cc1. The summed E-state index contributed by atoms with van der Waals surface area (Å²) in [4.78, 5) is 15.4. The van der Waals surface area contributed by atoms with E-state index in [4.69, 9.17) is 10.2 Å². The first-order chi connectivity index (χ1) is 10.1. The van der Waals surface area contributed by atoms with Crippen molar-refractivity contribution >= 4 is 11.7 Å². The fourth-order valence-electron chi connectivity index (χ4n) is 2.00. The van der Waals surface area contributed by atoms with Crippen molar-refractivity contribution in [3.63, 3.8) is 0 Å². The van der Waals surface area contributed by atoms with Crippen LogP contribution in [-0.2, 0) is 0 Å². The number of oxazole rings is 1. The molecule has 21 heavy (non-hydrogen) atoms. The molecule has 1 aromatic heterocycles. The summed E-state index contributed by atoms with van der Waals surface area (Å²) < 4.78 is 5.66. The van der Waals surface area contributed by atoms with Gasteiger partial charge in [0.05, 0.1) is 0 Å². The second-order valence-corrected chi connectivity index (χ2v) is 4.49. The van der Waals surface area contributed by atoms with E-state index in [9.17, 15) is 9.90 Å². The predicted molar refractivity (Wildman–Crippen MR) is 78.7 cm³/mol. The Hall–Kier alpha value is -3.08. The molecule has 0 saturated heterocycles. The number of nitrogens with zero attached hydrogens (tertiary/aromatic N) is 1. The van der Waals surface area contributed by atoms with Crippen molar-refractivity contribution in [2.24, 2.45) is 0 Å². The summed E-state index contributed by atoms with van der Waals surface area (Å²) in [5, 5.41) is 9.29. The monoisotopic (exact) mass is 280 g/mol. The van der Waals surface area contributed by atoms with E-state index in [-0.39, 0.29) is 17.3 Å². The van der Waals surface area contributed by atoms with Crippen molar-refractivity contribution in [3.8, 4) is 22.8 Å². The Balaban J connectivity index is 2.14. The summed E-state index contributed by atoms with van der Waals surface area (Å²) >= 11 is 0. The van der Waals surface area contributed by atoms with Crippen molar-refractivity contribution < 1.29 is 14.3 Å². The highest BCUT2D eigenvalue weighted by Crippen LogP contribution is 2.30. The average molecular weight is 280 g/mol. The van der Waals surface area contributed by atoms with E-state index in [1.54, 1.807) is 24.3 Å². The van der Waals surface area contributed by atoms with Gasteiger partial charge in [-0.2, -0.15) is 0 Å². The minimum atomic E-state index is -1.13. The van der Waals surface area contributed by atoms with Crippen LogP contribution in [0.3, 0.4) is 0 Å². The highest BCUT2D eigenvalue weighted by atomic mass is 16.4. The number of carboxylic acid groups (broad SMARTS) is 1. The van der Waals surface area contributed by atoms with Crippen LogP contribution < -0.4 is 5.73 Å². The summed E-state index contributed by atoms with van der Waals surface area (Å²) in [7, 11) is 0. The van der Waals surface area contributed by atoms with Gasteiger partial charge in [-0.1, -0.05) is 18.2 Å². The number of nitrogen functional groups attached to an aromatic ring is 1. The van der Waals surface area contributed by atoms with E-state index in [2.05, 4.69) is 4.98 Å². The third kappa shape index (κ3) is 2.49. The Bertz CT molecular complexity index is 777. The molecule has 3 N–H and O–H groups in total. The molecule has 104 valence electrons. The molecular weight excluding hydrogens is 268 g/mol. The zero-order valence-corrected chi connectivity index (χ0v) is 11.0. The second kappa shape index (κ2) is 5.13. The molecule has 1 heterocycles. The number of benzene rings is 2. The number of carbonyl (C=O) groups is 1. The van der Waals surface area contributed by atoms with Gasteiger partial charge in [-0.3, -0.25) is 0 Å². The smallest absolute Gasteiger partial charge is 0.358 e. The minimum absolute atomic E-state index is 0.112. The average Bonchev–Trinajstić information content (AvgIpc) is 2.94. The maximum atomic E-state index is 11.4. The van der Waals surface area contributed by atoms with Gasteiger partial charge >= 0.3 is 5.97 Å². The first kappa shape index (κ1) is 12.9. The van der Waals surface area contributed by atoms with Crippen molar-refractivity contribution in [3.05, 3.63) is 60.3 Å². The van der Waals surface area contributed by atoms with Gasteiger partial charge in [-0.25, -0.2) is 9.78 Å². The molecule has 3 rings (SSSR count). The molecule has 3 aromatic rings. The van der Waals surface area contributed by atoms with Gasteiger partial charge in [0.25, 0.3) is 0 Å². The maximum absolute atomic E-state index is 11.4. The van der Waals surface area contributed by atoms with Crippen molar-refractivity contribution in [1.29, 1.82) is 0 Å². The Morgan fingerprint density at radius 3 is 2.29 bits per heavy atom. The molecule has 0 amide bonds. The van der Waals surface area contributed by atoms with Crippen LogP contribution in [-0.4, -0.2) is 16.1 Å². The van der Waals surface area contributed by atoms with E-state index in [0.717, 1.165) is 5.56 Å².